The first-order chi connectivity index (χ1) is 17.9. The van der Waals surface area contributed by atoms with Crippen LogP contribution in [0.4, 0.5) is 4.39 Å². The normalized spacial score (nSPS) is 25.5. The van der Waals surface area contributed by atoms with Crippen LogP contribution in [0.3, 0.4) is 0 Å². The highest BCUT2D eigenvalue weighted by Gasteiger charge is 2.42. The van der Waals surface area contributed by atoms with Crippen molar-refractivity contribution in [3.8, 4) is 11.4 Å². The van der Waals surface area contributed by atoms with Crippen LogP contribution in [-0.4, -0.2) is 63.4 Å². The molecule has 198 valence electrons. The number of aryl methyl sites for hydroxylation is 1. The molecule has 3 saturated heterocycles. The minimum absolute atomic E-state index is 0.147. The Morgan fingerprint density at radius 2 is 1.65 bits per heavy atom. The Balaban J connectivity index is 1.15. The molecule has 6 heteroatoms. The largest absolute Gasteiger partial charge is 0.325 e. The number of benzene rings is 2. The molecule has 0 amide bonds. The number of imidazole rings is 1. The molecule has 0 spiro atoms. The summed E-state index contributed by atoms with van der Waals surface area (Å²) in [5, 5.41) is 0. The standard InChI is InChI=1S/C31H41FN4S/c1-20(2)19-36-24-7-8-25(36)18-26(17-24)35-13-11-21(12-14-35)23-15-28(32)30-29(16-23)33-31(34(30)3)22-5-9-27(37-4)10-6-22/h5-6,9-10,15-16,20-21,24-26H,7-8,11-14,17-19H2,1-4H3. The van der Waals surface area contributed by atoms with Crippen molar-refractivity contribution in [2.75, 3.05) is 25.9 Å². The number of hydrogen-bond acceptors (Lipinski definition) is 4. The van der Waals surface area contributed by atoms with Gasteiger partial charge in [0.2, 0.25) is 0 Å². The van der Waals surface area contributed by atoms with Crippen molar-refractivity contribution in [2.45, 2.75) is 81.3 Å². The molecule has 37 heavy (non-hydrogen) atoms. The monoisotopic (exact) mass is 520 g/mol. The zero-order valence-corrected chi connectivity index (χ0v) is 23.6. The van der Waals surface area contributed by atoms with Gasteiger partial charge in [-0.3, -0.25) is 4.90 Å². The number of hydrogen-bond donors (Lipinski definition) is 0. The smallest absolute Gasteiger partial charge is 0.149 e. The fourth-order valence-electron chi connectivity index (χ4n) is 7.41. The summed E-state index contributed by atoms with van der Waals surface area (Å²) in [6.07, 6.45) is 9.75. The number of likely N-dealkylation sites (tertiary alicyclic amines) is 1. The van der Waals surface area contributed by atoms with Gasteiger partial charge in [-0.15, -0.1) is 11.8 Å². The number of fused-ring (bicyclic) bond motifs is 3. The molecule has 1 aromatic heterocycles. The van der Waals surface area contributed by atoms with E-state index in [9.17, 15) is 0 Å². The van der Waals surface area contributed by atoms with Crippen molar-refractivity contribution < 1.29 is 4.39 Å². The highest BCUT2D eigenvalue weighted by Crippen LogP contribution is 2.40. The number of nitrogens with zero attached hydrogens (tertiary/aromatic N) is 4. The van der Waals surface area contributed by atoms with E-state index < -0.39 is 0 Å². The molecule has 4 nitrogen and oxygen atoms in total. The van der Waals surface area contributed by atoms with E-state index in [1.54, 1.807) is 17.8 Å². The third-order valence-corrected chi connectivity index (χ3v) is 9.99. The maximum absolute atomic E-state index is 15.4. The SMILES string of the molecule is CSc1ccc(-c2nc3cc(C4CCN(C5CC6CCC(C5)N6CC(C)C)CC4)cc(F)c3n2C)cc1. The lowest BCUT2D eigenvalue weighted by Gasteiger charge is -2.46. The maximum Gasteiger partial charge on any atom is 0.149 e. The van der Waals surface area contributed by atoms with Crippen LogP contribution in [0.1, 0.15) is 63.9 Å². The zero-order valence-electron chi connectivity index (χ0n) is 22.8. The molecule has 2 bridgehead atoms. The number of thioether (sulfide) groups is 1. The van der Waals surface area contributed by atoms with Gasteiger partial charge >= 0.3 is 0 Å². The van der Waals surface area contributed by atoms with Crippen molar-refractivity contribution >= 4 is 22.8 Å². The first-order valence-corrected chi connectivity index (χ1v) is 15.4. The summed E-state index contributed by atoms with van der Waals surface area (Å²) >= 11 is 1.72. The van der Waals surface area contributed by atoms with Gasteiger partial charge in [0.15, 0.2) is 0 Å². The summed E-state index contributed by atoms with van der Waals surface area (Å²) in [5.41, 5.74) is 3.53. The summed E-state index contributed by atoms with van der Waals surface area (Å²) in [4.78, 5) is 11.7. The van der Waals surface area contributed by atoms with Crippen LogP contribution in [0.5, 0.6) is 0 Å². The molecule has 0 aliphatic carbocycles. The Kier molecular flexibility index (Phi) is 7.10. The van der Waals surface area contributed by atoms with Crippen LogP contribution in [0, 0.1) is 11.7 Å². The quantitative estimate of drug-likeness (QED) is 0.329. The summed E-state index contributed by atoms with van der Waals surface area (Å²) in [7, 11) is 1.92. The molecule has 6 rings (SSSR count). The van der Waals surface area contributed by atoms with Crippen molar-refractivity contribution in [3.63, 3.8) is 0 Å². The van der Waals surface area contributed by atoms with Gasteiger partial charge in [-0.2, -0.15) is 0 Å². The molecule has 0 N–H and O–H groups in total. The fraction of sp³-hybridized carbons (Fsp3) is 0.581. The van der Waals surface area contributed by atoms with Gasteiger partial charge in [-0.05, 0) is 99.5 Å². The van der Waals surface area contributed by atoms with Gasteiger partial charge in [0.05, 0.1) is 5.52 Å². The molecule has 3 fully saturated rings. The van der Waals surface area contributed by atoms with Gasteiger partial charge in [-0.25, -0.2) is 9.37 Å². The van der Waals surface area contributed by atoms with Crippen LogP contribution in [0.25, 0.3) is 22.4 Å². The van der Waals surface area contributed by atoms with Crippen LogP contribution in [0.15, 0.2) is 41.3 Å². The summed E-state index contributed by atoms with van der Waals surface area (Å²) in [6, 6.07) is 14.6. The summed E-state index contributed by atoms with van der Waals surface area (Å²) < 4.78 is 17.3. The maximum atomic E-state index is 15.4. The molecule has 2 aromatic carbocycles. The Bertz CT molecular complexity index is 1230. The lowest BCUT2D eigenvalue weighted by Crippen LogP contribution is -2.52. The number of halogens is 1. The third-order valence-electron chi connectivity index (χ3n) is 9.25. The van der Waals surface area contributed by atoms with Crippen molar-refractivity contribution in [1.29, 1.82) is 0 Å². The summed E-state index contributed by atoms with van der Waals surface area (Å²) in [6.45, 7) is 8.23. The van der Waals surface area contributed by atoms with Gasteiger partial charge < -0.3 is 9.47 Å². The fourth-order valence-corrected chi connectivity index (χ4v) is 7.82. The Morgan fingerprint density at radius 3 is 2.27 bits per heavy atom. The van der Waals surface area contributed by atoms with Crippen LogP contribution >= 0.6 is 11.8 Å². The van der Waals surface area contributed by atoms with Crippen LogP contribution < -0.4 is 0 Å². The van der Waals surface area contributed by atoms with Crippen molar-refractivity contribution in [1.82, 2.24) is 19.4 Å². The molecule has 3 aromatic rings. The predicted molar refractivity (Wildman–Crippen MR) is 153 cm³/mol. The van der Waals surface area contributed by atoms with E-state index >= 15 is 4.39 Å². The number of piperidine rings is 2. The summed E-state index contributed by atoms with van der Waals surface area (Å²) in [5.74, 6) is 1.85. The van der Waals surface area contributed by atoms with E-state index in [-0.39, 0.29) is 5.82 Å². The van der Waals surface area contributed by atoms with Crippen molar-refractivity contribution in [3.05, 3.63) is 47.8 Å². The molecular weight excluding hydrogens is 479 g/mol. The van der Waals surface area contributed by atoms with E-state index in [4.69, 9.17) is 4.98 Å². The average molecular weight is 521 g/mol. The second-order valence-electron chi connectivity index (χ2n) is 12.0. The minimum atomic E-state index is -0.147. The lowest BCUT2D eigenvalue weighted by atomic mass is 9.86. The van der Waals surface area contributed by atoms with Crippen molar-refractivity contribution in [2.24, 2.45) is 13.0 Å². The van der Waals surface area contributed by atoms with E-state index in [0.29, 0.717) is 11.4 Å². The van der Waals surface area contributed by atoms with E-state index in [0.717, 1.165) is 72.4 Å². The highest BCUT2D eigenvalue weighted by atomic mass is 32.2. The average Bonchev–Trinajstić information content (AvgIpc) is 3.34. The van der Waals surface area contributed by atoms with Gasteiger partial charge in [0.25, 0.3) is 0 Å². The molecule has 3 aliphatic rings. The predicted octanol–water partition coefficient (Wildman–Crippen LogP) is 6.93. The number of aromatic nitrogens is 2. The topological polar surface area (TPSA) is 24.3 Å². The minimum Gasteiger partial charge on any atom is -0.325 e. The molecule has 0 saturated carbocycles. The molecule has 0 radical (unpaired) electrons. The van der Waals surface area contributed by atoms with E-state index in [1.807, 2.05) is 11.6 Å². The first kappa shape index (κ1) is 25.4. The Morgan fingerprint density at radius 1 is 0.973 bits per heavy atom. The van der Waals surface area contributed by atoms with E-state index in [2.05, 4.69) is 60.2 Å². The van der Waals surface area contributed by atoms with Gasteiger partial charge in [-0.1, -0.05) is 26.0 Å². The first-order valence-electron chi connectivity index (χ1n) is 14.2. The van der Waals surface area contributed by atoms with Gasteiger partial charge in [0.1, 0.15) is 17.2 Å². The molecular formula is C31H41FN4S. The molecule has 3 aliphatic heterocycles. The third kappa shape index (κ3) is 4.86. The molecule has 2 atom stereocenters. The lowest BCUT2D eigenvalue weighted by molar-refractivity contribution is 0.0403. The molecule has 4 heterocycles. The molecule has 2 unspecified atom stereocenters. The second kappa shape index (κ2) is 10.3. The van der Waals surface area contributed by atoms with Crippen LogP contribution in [0.2, 0.25) is 0 Å². The highest BCUT2D eigenvalue weighted by molar-refractivity contribution is 7.98. The Labute approximate surface area is 225 Å². The van der Waals surface area contributed by atoms with Gasteiger partial charge in [0, 0.05) is 42.2 Å². The number of rotatable bonds is 6. The zero-order chi connectivity index (χ0) is 25.7. The van der Waals surface area contributed by atoms with E-state index in [1.165, 1.54) is 37.1 Å². The Hall–Kier alpha value is -1.89. The second-order valence-corrected chi connectivity index (χ2v) is 12.9. The van der Waals surface area contributed by atoms with Crippen LogP contribution in [-0.2, 0) is 7.05 Å².